The van der Waals surface area contributed by atoms with Gasteiger partial charge in [-0.3, -0.25) is 4.79 Å². The highest BCUT2D eigenvalue weighted by Crippen LogP contribution is 2.37. The number of hydrogen-bond acceptors (Lipinski definition) is 2. The molecule has 0 aromatic rings. The molecule has 0 aromatic heterocycles. The Labute approximate surface area is 127 Å². The van der Waals surface area contributed by atoms with Crippen LogP contribution in [0.4, 0.5) is 4.79 Å². The molecule has 120 valence electrons. The van der Waals surface area contributed by atoms with Crippen LogP contribution in [0.5, 0.6) is 0 Å². The number of likely N-dealkylation sites (tertiary alicyclic amines) is 1. The number of amides is 2. The molecule has 0 bridgehead atoms. The lowest BCUT2D eigenvalue weighted by atomic mass is 9.92. The third-order valence-electron chi connectivity index (χ3n) is 4.90. The number of nitrogens with zero attached hydrogens (tertiary/aromatic N) is 2. The Hall–Kier alpha value is -1.26. The van der Waals surface area contributed by atoms with Crippen molar-refractivity contribution in [3.63, 3.8) is 0 Å². The number of carboxylic acid groups (broad SMARTS) is 1. The summed E-state index contributed by atoms with van der Waals surface area (Å²) in [4.78, 5) is 27.4. The fourth-order valence-electron chi connectivity index (χ4n) is 3.83. The van der Waals surface area contributed by atoms with Crippen LogP contribution in [0.1, 0.15) is 58.8 Å². The number of piperidine rings is 1. The zero-order valence-electron chi connectivity index (χ0n) is 13.3. The van der Waals surface area contributed by atoms with Crippen molar-refractivity contribution in [1.29, 1.82) is 0 Å². The summed E-state index contributed by atoms with van der Waals surface area (Å²) in [5.41, 5.74) is 0. The lowest BCUT2D eigenvalue weighted by Gasteiger charge is -2.41. The fourth-order valence-corrected chi connectivity index (χ4v) is 3.83. The van der Waals surface area contributed by atoms with Gasteiger partial charge in [0.2, 0.25) is 0 Å². The van der Waals surface area contributed by atoms with Crippen molar-refractivity contribution in [1.82, 2.24) is 9.80 Å². The highest BCUT2D eigenvalue weighted by molar-refractivity contribution is 5.75. The van der Waals surface area contributed by atoms with Crippen LogP contribution < -0.4 is 0 Å². The molecule has 2 aliphatic rings. The molecule has 1 heterocycles. The maximum Gasteiger partial charge on any atom is 0.320 e. The molecule has 2 unspecified atom stereocenters. The molecule has 2 fully saturated rings. The lowest BCUT2D eigenvalue weighted by molar-refractivity contribution is -0.137. The number of rotatable bonds is 5. The van der Waals surface area contributed by atoms with Gasteiger partial charge < -0.3 is 14.9 Å². The number of fused-ring (bicyclic) bond motifs is 1. The van der Waals surface area contributed by atoms with Crippen molar-refractivity contribution in [2.45, 2.75) is 70.9 Å². The summed E-state index contributed by atoms with van der Waals surface area (Å²) in [7, 11) is 0. The van der Waals surface area contributed by atoms with E-state index in [9.17, 15) is 9.59 Å². The first-order valence-electron chi connectivity index (χ1n) is 8.29. The van der Waals surface area contributed by atoms with E-state index < -0.39 is 5.97 Å². The fraction of sp³-hybridized carbons (Fsp3) is 0.875. The number of aliphatic carboxylic acids is 1. The number of carboxylic acids is 1. The van der Waals surface area contributed by atoms with E-state index in [0.717, 1.165) is 19.4 Å². The van der Waals surface area contributed by atoms with Crippen LogP contribution in [-0.2, 0) is 4.79 Å². The van der Waals surface area contributed by atoms with Gasteiger partial charge in [-0.25, -0.2) is 4.79 Å². The summed E-state index contributed by atoms with van der Waals surface area (Å²) in [6, 6.07) is 0.659. The first-order valence-corrected chi connectivity index (χ1v) is 8.29. The van der Waals surface area contributed by atoms with Gasteiger partial charge in [0.05, 0.1) is 0 Å². The molecule has 2 amide bonds. The van der Waals surface area contributed by atoms with E-state index in [1.54, 1.807) is 0 Å². The average Bonchev–Trinajstić information content (AvgIpc) is 2.90. The van der Waals surface area contributed by atoms with Gasteiger partial charge in [-0.1, -0.05) is 6.42 Å². The Morgan fingerprint density at radius 3 is 2.62 bits per heavy atom. The second-order valence-electron chi connectivity index (χ2n) is 6.66. The monoisotopic (exact) mass is 296 g/mol. The zero-order chi connectivity index (χ0) is 15.4. The summed E-state index contributed by atoms with van der Waals surface area (Å²) in [5.74, 6) is -0.101. The maximum atomic E-state index is 12.9. The number of carbonyl (C=O) groups excluding carboxylic acids is 1. The molecule has 1 saturated carbocycles. The van der Waals surface area contributed by atoms with Crippen molar-refractivity contribution >= 4 is 12.0 Å². The van der Waals surface area contributed by atoms with Crippen LogP contribution in [0.15, 0.2) is 0 Å². The first kappa shape index (κ1) is 16.1. The van der Waals surface area contributed by atoms with Crippen LogP contribution in [0.3, 0.4) is 0 Å². The Bertz CT molecular complexity index is 384. The molecular formula is C16H28N2O3. The largest absolute Gasteiger partial charge is 0.481 e. The highest BCUT2D eigenvalue weighted by atomic mass is 16.4. The number of hydrogen-bond donors (Lipinski definition) is 1. The molecule has 1 aliphatic heterocycles. The molecule has 0 spiro atoms. The Morgan fingerprint density at radius 1 is 1.24 bits per heavy atom. The molecule has 0 aromatic carbocycles. The van der Waals surface area contributed by atoms with E-state index >= 15 is 0 Å². The molecule has 1 N–H and O–H groups in total. The second-order valence-corrected chi connectivity index (χ2v) is 6.66. The predicted molar refractivity (Wildman–Crippen MR) is 81.2 cm³/mol. The summed E-state index contributed by atoms with van der Waals surface area (Å²) in [5, 5.41) is 8.76. The van der Waals surface area contributed by atoms with Gasteiger partial charge in [-0.15, -0.1) is 0 Å². The molecule has 5 heteroatoms. The van der Waals surface area contributed by atoms with E-state index in [2.05, 4.69) is 4.90 Å². The van der Waals surface area contributed by atoms with Crippen LogP contribution in [0.25, 0.3) is 0 Å². The zero-order valence-corrected chi connectivity index (χ0v) is 13.3. The van der Waals surface area contributed by atoms with Crippen molar-refractivity contribution in [2.75, 3.05) is 13.1 Å². The summed E-state index contributed by atoms with van der Waals surface area (Å²) < 4.78 is 0. The number of carbonyl (C=O) groups is 2. The Balaban J connectivity index is 1.98. The summed E-state index contributed by atoms with van der Waals surface area (Å²) in [6.45, 7) is 5.42. The van der Waals surface area contributed by atoms with Crippen molar-refractivity contribution in [3.8, 4) is 0 Å². The Morgan fingerprint density at radius 2 is 1.95 bits per heavy atom. The third-order valence-corrected chi connectivity index (χ3v) is 4.90. The summed E-state index contributed by atoms with van der Waals surface area (Å²) >= 11 is 0. The molecular weight excluding hydrogens is 268 g/mol. The smallest absolute Gasteiger partial charge is 0.320 e. The molecule has 2 rings (SSSR count). The second kappa shape index (κ2) is 7.14. The van der Waals surface area contributed by atoms with Gasteiger partial charge in [-0.2, -0.15) is 0 Å². The highest BCUT2D eigenvalue weighted by Gasteiger charge is 2.39. The molecule has 1 saturated heterocycles. The van der Waals surface area contributed by atoms with Crippen molar-refractivity contribution in [2.24, 2.45) is 5.92 Å². The summed E-state index contributed by atoms with van der Waals surface area (Å²) in [6.07, 6.45) is 6.65. The Kier molecular flexibility index (Phi) is 5.48. The third kappa shape index (κ3) is 3.89. The molecule has 5 nitrogen and oxygen atoms in total. The van der Waals surface area contributed by atoms with Crippen LogP contribution >= 0.6 is 0 Å². The van der Waals surface area contributed by atoms with E-state index in [-0.39, 0.29) is 18.5 Å². The van der Waals surface area contributed by atoms with Crippen LogP contribution in [0, 0.1) is 5.92 Å². The van der Waals surface area contributed by atoms with Crippen LogP contribution in [-0.4, -0.2) is 52.1 Å². The number of urea groups is 1. The van der Waals surface area contributed by atoms with Gasteiger partial charge in [0.25, 0.3) is 0 Å². The lowest BCUT2D eigenvalue weighted by Crippen LogP contribution is -2.53. The average molecular weight is 296 g/mol. The van der Waals surface area contributed by atoms with Gasteiger partial charge in [0.1, 0.15) is 0 Å². The standard InChI is InChI=1S/C16H28N2O3/c1-12(2)17(10-5-9-15(19)20)16(21)18-11-4-7-13-6-3-8-14(13)18/h12-14H,3-11H2,1-2H3,(H,19,20). The van der Waals surface area contributed by atoms with E-state index in [1.807, 2.05) is 18.7 Å². The van der Waals surface area contributed by atoms with Crippen molar-refractivity contribution < 1.29 is 14.7 Å². The van der Waals surface area contributed by atoms with Gasteiger partial charge in [-0.05, 0) is 51.9 Å². The van der Waals surface area contributed by atoms with Gasteiger partial charge >= 0.3 is 12.0 Å². The first-order chi connectivity index (χ1) is 10.0. The molecule has 2 atom stereocenters. The van der Waals surface area contributed by atoms with Crippen molar-refractivity contribution in [3.05, 3.63) is 0 Å². The minimum Gasteiger partial charge on any atom is -0.481 e. The SMILES string of the molecule is CC(C)N(CCCC(=O)O)C(=O)N1CCCC2CCCC21. The maximum absolute atomic E-state index is 12.9. The van der Waals surface area contributed by atoms with Crippen LogP contribution in [0.2, 0.25) is 0 Å². The normalized spacial score (nSPS) is 25.0. The van der Waals surface area contributed by atoms with Gasteiger partial charge in [0.15, 0.2) is 0 Å². The van der Waals surface area contributed by atoms with E-state index in [0.29, 0.717) is 24.9 Å². The minimum atomic E-state index is -0.792. The quantitative estimate of drug-likeness (QED) is 0.848. The predicted octanol–water partition coefficient (Wildman–Crippen LogP) is 2.95. The molecule has 21 heavy (non-hydrogen) atoms. The minimum absolute atomic E-state index is 0.118. The van der Waals surface area contributed by atoms with E-state index in [4.69, 9.17) is 5.11 Å². The topological polar surface area (TPSA) is 60.9 Å². The van der Waals surface area contributed by atoms with E-state index in [1.165, 1.54) is 19.3 Å². The molecule has 1 aliphatic carbocycles. The van der Waals surface area contributed by atoms with Gasteiger partial charge in [0, 0.05) is 31.6 Å². The molecule has 0 radical (unpaired) electrons.